The molecule has 2 aliphatic rings. The van der Waals surface area contributed by atoms with Crippen molar-refractivity contribution in [2.75, 3.05) is 19.6 Å². The molecule has 2 heterocycles. The van der Waals surface area contributed by atoms with Crippen molar-refractivity contribution in [2.24, 2.45) is 0 Å². The predicted molar refractivity (Wildman–Crippen MR) is 65.5 cm³/mol. The van der Waals surface area contributed by atoms with Crippen molar-refractivity contribution in [2.45, 2.75) is 51.5 Å². The van der Waals surface area contributed by atoms with Crippen LogP contribution in [0.1, 0.15) is 45.4 Å². The molecule has 0 bridgehead atoms. The monoisotopic (exact) mass is 238 g/mol. The van der Waals surface area contributed by atoms with Gasteiger partial charge in [0.15, 0.2) is 0 Å². The molecule has 1 unspecified atom stereocenters. The van der Waals surface area contributed by atoms with E-state index in [1.54, 1.807) is 4.90 Å². The normalized spacial score (nSPS) is 26.2. The highest BCUT2D eigenvalue weighted by Crippen LogP contribution is 2.17. The van der Waals surface area contributed by atoms with Gasteiger partial charge in [-0.2, -0.15) is 0 Å². The lowest BCUT2D eigenvalue weighted by Crippen LogP contribution is -2.43. The molecule has 0 spiro atoms. The Kier molecular flexibility index (Phi) is 4.02. The van der Waals surface area contributed by atoms with Crippen LogP contribution >= 0.6 is 0 Å². The van der Waals surface area contributed by atoms with Gasteiger partial charge in [-0.25, -0.2) is 0 Å². The minimum atomic E-state index is 0.130. The van der Waals surface area contributed by atoms with Crippen molar-refractivity contribution in [1.29, 1.82) is 0 Å². The molecule has 4 heteroatoms. The second-order valence-corrected chi connectivity index (χ2v) is 5.20. The van der Waals surface area contributed by atoms with Crippen LogP contribution in [0.25, 0.3) is 0 Å². The van der Waals surface area contributed by atoms with Crippen molar-refractivity contribution < 1.29 is 9.59 Å². The van der Waals surface area contributed by atoms with Crippen molar-refractivity contribution in [3.8, 4) is 0 Å². The fourth-order valence-corrected chi connectivity index (χ4v) is 2.76. The van der Waals surface area contributed by atoms with Crippen LogP contribution < -0.4 is 0 Å². The van der Waals surface area contributed by atoms with Crippen LogP contribution in [0.4, 0.5) is 0 Å². The molecule has 1 atom stereocenters. The fraction of sp³-hybridized carbons (Fsp3) is 0.846. The summed E-state index contributed by atoms with van der Waals surface area (Å²) in [6, 6.07) is 0.351. The van der Waals surface area contributed by atoms with E-state index in [9.17, 15) is 9.59 Å². The number of carbonyl (C=O) groups is 2. The highest BCUT2D eigenvalue weighted by atomic mass is 16.2. The van der Waals surface area contributed by atoms with Crippen LogP contribution in [-0.2, 0) is 9.59 Å². The van der Waals surface area contributed by atoms with E-state index in [2.05, 4.69) is 6.92 Å². The number of nitrogens with zero attached hydrogens (tertiary/aromatic N) is 2. The Bertz CT molecular complexity index is 304. The van der Waals surface area contributed by atoms with Gasteiger partial charge in [-0.3, -0.25) is 9.59 Å². The quantitative estimate of drug-likeness (QED) is 0.729. The Morgan fingerprint density at radius 1 is 1.24 bits per heavy atom. The first-order chi connectivity index (χ1) is 8.18. The third-order valence-corrected chi connectivity index (χ3v) is 3.87. The largest absolute Gasteiger partial charge is 0.338 e. The lowest BCUT2D eigenvalue weighted by atomic mass is 10.2. The zero-order valence-electron chi connectivity index (χ0n) is 10.7. The number of likely N-dealkylation sites (tertiary alicyclic amines) is 2. The van der Waals surface area contributed by atoms with Gasteiger partial charge in [0.1, 0.15) is 0 Å². The SMILES string of the molecule is CC1CCCN1C(=O)CN1CCCCCC1=O. The fourth-order valence-electron chi connectivity index (χ4n) is 2.76. The highest BCUT2D eigenvalue weighted by Gasteiger charge is 2.27. The third kappa shape index (κ3) is 2.99. The van der Waals surface area contributed by atoms with Crippen LogP contribution in [-0.4, -0.2) is 47.3 Å². The van der Waals surface area contributed by atoms with E-state index >= 15 is 0 Å². The Balaban J connectivity index is 1.90. The average molecular weight is 238 g/mol. The average Bonchev–Trinajstić information content (AvgIpc) is 2.63. The summed E-state index contributed by atoms with van der Waals surface area (Å²) in [5.41, 5.74) is 0. The van der Waals surface area contributed by atoms with Crippen molar-refractivity contribution in [3.63, 3.8) is 0 Å². The molecule has 2 fully saturated rings. The number of amides is 2. The van der Waals surface area contributed by atoms with Crippen LogP contribution in [0, 0.1) is 0 Å². The molecule has 0 saturated carbocycles. The van der Waals surface area contributed by atoms with Gasteiger partial charge in [0.2, 0.25) is 11.8 Å². The summed E-state index contributed by atoms with van der Waals surface area (Å²) in [6.45, 7) is 4.01. The topological polar surface area (TPSA) is 40.6 Å². The summed E-state index contributed by atoms with van der Waals surface area (Å²) >= 11 is 0. The van der Waals surface area contributed by atoms with Gasteiger partial charge in [-0.05, 0) is 32.6 Å². The van der Waals surface area contributed by atoms with Crippen LogP contribution in [0.15, 0.2) is 0 Å². The minimum Gasteiger partial charge on any atom is -0.338 e. The van der Waals surface area contributed by atoms with Gasteiger partial charge < -0.3 is 9.80 Å². The Hall–Kier alpha value is -1.06. The summed E-state index contributed by atoms with van der Waals surface area (Å²) in [5.74, 6) is 0.285. The van der Waals surface area contributed by atoms with Gasteiger partial charge in [0.25, 0.3) is 0 Å². The number of carbonyl (C=O) groups excluding carboxylic acids is 2. The van der Waals surface area contributed by atoms with E-state index in [4.69, 9.17) is 0 Å². The molecule has 2 aliphatic heterocycles. The van der Waals surface area contributed by atoms with Gasteiger partial charge in [0, 0.05) is 25.6 Å². The molecule has 2 saturated heterocycles. The smallest absolute Gasteiger partial charge is 0.242 e. The number of rotatable bonds is 2. The molecular weight excluding hydrogens is 216 g/mol. The maximum Gasteiger partial charge on any atom is 0.242 e. The van der Waals surface area contributed by atoms with Crippen LogP contribution in [0.5, 0.6) is 0 Å². The summed E-state index contributed by atoms with van der Waals surface area (Å²) in [7, 11) is 0. The van der Waals surface area contributed by atoms with Crippen molar-refractivity contribution in [3.05, 3.63) is 0 Å². The summed E-state index contributed by atoms with van der Waals surface area (Å²) in [5, 5.41) is 0. The Labute approximate surface area is 103 Å². The third-order valence-electron chi connectivity index (χ3n) is 3.87. The first-order valence-corrected chi connectivity index (χ1v) is 6.76. The predicted octanol–water partition coefficient (Wildman–Crippen LogP) is 1.40. The maximum absolute atomic E-state index is 12.1. The minimum absolute atomic E-state index is 0.130. The molecule has 17 heavy (non-hydrogen) atoms. The first-order valence-electron chi connectivity index (χ1n) is 6.76. The molecule has 96 valence electrons. The van der Waals surface area contributed by atoms with Gasteiger partial charge >= 0.3 is 0 Å². The van der Waals surface area contributed by atoms with E-state index in [0.29, 0.717) is 19.0 Å². The molecule has 2 rings (SSSR count). The Morgan fingerprint density at radius 2 is 2.06 bits per heavy atom. The summed E-state index contributed by atoms with van der Waals surface area (Å²) in [4.78, 5) is 27.6. The number of hydrogen-bond acceptors (Lipinski definition) is 2. The summed E-state index contributed by atoms with van der Waals surface area (Å²) in [6.07, 6.45) is 5.93. The van der Waals surface area contributed by atoms with E-state index in [1.807, 2.05) is 4.90 Å². The van der Waals surface area contributed by atoms with Gasteiger partial charge in [-0.1, -0.05) is 6.42 Å². The van der Waals surface area contributed by atoms with E-state index < -0.39 is 0 Å². The van der Waals surface area contributed by atoms with Gasteiger partial charge in [0.05, 0.1) is 6.54 Å². The molecule has 2 amide bonds. The second kappa shape index (κ2) is 5.52. The zero-order valence-corrected chi connectivity index (χ0v) is 10.7. The van der Waals surface area contributed by atoms with Crippen LogP contribution in [0.3, 0.4) is 0 Å². The lowest BCUT2D eigenvalue weighted by Gasteiger charge is -2.26. The molecule has 0 N–H and O–H groups in total. The summed E-state index contributed by atoms with van der Waals surface area (Å²) < 4.78 is 0. The van der Waals surface area contributed by atoms with E-state index in [0.717, 1.165) is 45.2 Å². The lowest BCUT2D eigenvalue weighted by molar-refractivity contribution is -0.140. The molecule has 4 nitrogen and oxygen atoms in total. The Morgan fingerprint density at radius 3 is 2.76 bits per heavy atom. The number of hydrogen-bond donors (Lipinski definition) is 0. The first kappa shape index (κ1) is 12.4. The molecule has 0 aromatic carbocycles. The standard InChI is InChI=1S/C13H22N2O2/c1-11-6-5-9-15(11)13(17)10-14-8-4-2-3-7-12(14)16/h11H,2-10H2,1H3. The molecule has 0 aromatic rings. The molecule has 0 aromatic heterocycles. The maximum atomic E-state index is 12.1. The second-order valence-electron chi connectivity index (χ2n) is 5.20. The van der Waals surface area contributed by atoms with E-state index in [1.165, 1.54) is 0 Å². The zero-order chi connectivity index (χ0) is 12.3. The van der Waals surface area contributed by atoms with Gasteiger partial charge in [-0.15, -0.1) is 0 Å². The molecule has 0 radical (unpaired) electrons. The van der Waals surface area contributed by atoms with Crippen LogP contribution in [0.2, 0.25) is 0 Å². The van der Waals surface area contributed by atoms with Crippen molar-refractivity contribution >= 4 is 11.8 Å². The highest BCUT2D eigenvalue weighted by molar-refractivity contribution is 5.85. The molecular formula is C13H22N2O2. The van der Waals surface area contributed by atoms with E-state index in [-0.39, 0.29) is 11.8 Å². The molecule has 0 aliphatic carbocycles. The van der Waals surface area contributed by atoms with Crippen molar-refractivity contribution in [1.82, 2.24) is 9.80 Å².